The summed E-state index contributed by atoms with van der Waals surface area (Å²) in [5.74, 6) is -0.103. The maximum absolute atomic E-state index is 9.89. The molecule has 20 heavy (non-hydrogen) atoms. The zero-order chi connectivity index (χ0) is 14.5. The van der Waals surface area contributed by atoms with Crippen molar-refractivity contribution in [1.29, 1.82) is 15.8 Å². The lowest BCUT2D eigenvalue weighted by Crippen LogP contribution is -2.01. The summed E-state index contributed by atoms with van der Waals surface area (Å²) in [5, 5.41) is 39.7. The van der Waals surface area contributed by atoms with Crippen molar-refractivity contribution in [1.82, 2.24) is 4.98 Å². The number of allylic oxidation sites excluding steroid dienone is 2. The van der Waals surface area contributed by atoms with E-state index in [1.807, 2.05) is 0 Å². The zero-order valence-electron chi connectivity index (χ0n) is 10.1. The molecule has 0 aliphatic carbocycles. The summed E-state index contributed by atoms with van der Waals surface area (Å²) in [6.45, 7) is 0. The molecule has 1 heterocycles. The molecule has 0 bridgehead atoms. The van der Waals surface area contributed by atoms with Crippen molar-refractivity contribution in [3.63, 3.8) is 0 Å². The van der Waals surface area contributed by atoms with Crippen molar-refractivity contribution in [2.75, 3.05) is 5.32 Å². The van der Waals surface area contributed by atoms with Crippen molar-refractivity contribution >= 4 is 16.6 Å². The number of anilines is 1. The van der Waals surface area contributed by atoms with Crippen molar-refractivity contribution in [3.05, 3.63) is 41.7 Å². The van der Waals surface area contributed by atoms with Crippen LogP contribution in [0.2, 0.25) is 0 Å². The van der Waals surface area contributed by atoms with E-state index in [4.69, 9.17) is 15.8 Å². The van der Waals surface area contributed by atoms with Crippen LogP contribution >= 0.6 is 0 Å². The molecule has 6 heteroatoms. The van der Waals surface area contributed by atoms with E-state index in [9.17, 15) is 5.11 Å². The Kier molecular flexibility index (Phi) is 3.47. The molecule has 94 valence electrons. The molecule has 0 unspecified atom stereocenters. The molecular weight excluding hydrogens is 254 g/mol. The minimum Gasteiger partial charge on any atom is -0.506 e. The molecule has 0 aliphatic rings. The Balaban J connectivity index is 2.64. The number of fused-ring (bicyclic) bond motifs is 1. The fourth-order valence-electron chi connectivity index (χ4n) is 1.68. The van der Waals surface area contributed by atoms with Crippen LogP contribution in [0.3, 0.4) is 0 Å². The van der Waals surface area contributed by atoms with Crippen LogP contribution in [0, 0.1) is 34.0 Å². The molecule has 0 saturated carbocycles. The van der Waals surface area contributed by atoms with E-state index in [-0.39, 0.29) is 22.7 Å². The number of nitriles is 3. The largest absolute Gasteiger partial charge is 0.506 e. The highest BCUT2D eigenvalue weighted by molar-refractivity contribution is 5.95. The Bertz CT molecular complexity index is 817. The second-order valence-corrected chi connectivity index (χ2v) is 3.74. The van der Waals surface area contributed by atoms with Gasteiger partial charge in [-0.1, -0.05) is 0 Å². The standard InChI is InChI=1S/C14H7N5O/c15-6-9(7-16)12(8-17)19-14-10-2-1-5-18-11(10)3-4-13(14)20/h1-5,19-20H. The molecule has 0 amide bonds. The normalized spacial score (nSPS) is 9.05. The molecule has 0 radical (unpaired) electrons. The third-order valence-corrected chi connectivity index (χ3v) is 2.60. The first-order chi connectivity index (χ1) is 9.71. The summed E-state index contributed by atoms with van der Waals surface area (Å²) in [5.41, 5.74) is 0.269. The van der Waals surface area contributed by atoms with Gasteiger partial charge < -0.3 is 10.4 Å². The van der Waals surface area contributed by atoms with E-state index in [2.05, 4.69) is 10.3 Å². The molecule has 0 fully saturated rings. The van der Waals surface area contributed by atoms with Crippen molar-refractivity contribution in [2.24, 2.45) is 0 Å². The highest BCUT2D eigenvalue weighted by Crippen LogP contribution is 2.32. The highest BCUT2D eigenvalue weighted by atomic mass is 16.3. The summed E-state index contributed by atoms with van der Waals surface area (Å²) in [6.07, 6.45) is 1.60. The second kappa shape index (κ2) is 5.39. The van der Waals surface area contributed by atoms with Crippen LogP contribution in [0.1, 0.15) is 0 Å². The number of hydrogen-bond acceptors (Lipinski definition) is 6. The minimum atomic E-state index is -0.354. The van der Waals surface area contributed by atoms with Gasteiger partial charge in [0.05, 0.1) is 11.2 Å². The molecule has 1 aromatic carbocycles. The molecule has 1 aromatic heterocycles. The summed E-state index contributed by atoms with van der Waals surface area (Å²) in [7, 11) is 0. The fourth-order valence-corrected chi connectivity index (χ4v) is 1.68. The molecule has 2 N–H and O–H groups in total. The van der Waals surface area contributed by atoms with Gasteiger partial charge in [-0.05, 0) is 24.3 Å². The van der Waals surface area contributed by atoms with Crippen LogP contribution in [0.4, 0.5) is 5.69 Å². The average molecular weight is 261 g/mol. The molecule has 0 saturated heterocycles. The monoisotopic (exact) mass is 261 g/mol. The SMILES string of the molecule is N#CC(C#N)=C(C#N)Nc1c(O)ccc2ncccc12. The van der Waals surface area contributed by atoms with Gasteiger partial charge in [0.25, 0.3) is 0 Å². The molecular formula is C14H7N5O. The smallest absolute Gasteiger partial charge is 0.163 e. The first-order valence-corrected chi connectivity index (χ1v) is 5.49. The van der Waals surface area contributed by atoms with Gasteiger partial charge in [0.1, 0.15) is 29.7 Å². The quantitative estimate of drug-likeness (QED) is 0.632. The van der Waals surface area contributed by atoms with Crippen molar-refractivity contribution < 1.29 is 5.11 Å². The van der Waals surface area contributed by atoms with E-state index in [1.165, 1.54) is 6.07 Å². The number of hydrogen-bond donors (Lipinski definition) is 2. The maximum atomic E-state index is 9.89. The lowest BCUT2D eigenvalue weighted by Gasteiger charge is -2.10. The Hall–Kier alpha value is -3.56. The van der Waals surface area contributed by atoms with Crippen LogP contribution in [-0.4, -0.2) is 10.1 Å². The number of aromatic hydroxyl groups is 1. The molecule has 2 rings (SSSR count). The van der Waals surface area contributed by atoms with E-state index < -0.39 is 0 Å². The van der Waals surface area contributed by atoms with Crippen molar-refractivity contribution in [3.8, 4) is 24.0 Å². The first-order valence-electron chi connectivity index (χ1n) is 5.49. The van der Waals surface area contributed by atoms with Crippen molar-refractivity contribution in [2.45, 2.75) is 0 Å². The Morgan fingerprint density at radius 3 is 2.50 bits per heavy atom. The van der Waals surface area contributed by atoms with Gasteiger partial charge in [-0.3, -0.25) is 4.98 Å². The van der Waals surface area contributed by atoms with E-state index in [0.717, 1.165) is 0 Å². The zero-order valence-corrected chi connectivity index (χ0v) is 10.1. The summed E-state index contributed by atoms with van der Waals surface area (Å²) in [4.78, 5) is 4.12. The summed E-state index contributed by atoms with van der Waals surface area (Å²) >= 11 is 0. The lowest BCUT2D eigenvalue weighted by atomic mass is 10.1. The maximum Gasteiger partial charge on any atom is 0.163 e. The van der Waals surface area contributed by atoms with Crippen LogP contribution in [0.15, 0.2) is 41.7 Å². The molecule has 0 aliphatic heterocycles. The third-order valence-electron chi connectivity index (χ3n) is 2.60. The van der Waals surface area contributed by atoms with E-state index >= 15 is 0 Å². The minimum absolute atomic E-state index is 0.103. The second-order valence-electron chi connectivity index (χ2n) is 3.74. The van der Waals surface area contributed by atoms with Gasteiger partial charge in [0, 0.05) is 11.6 Å². The fraction of sp³-hybridized carbons (Fsp3) is 0. The van der Waals surface area contributed by atoms with Gasteiger partial charge >= 0.3 is 0 Å². The lowest BCUT2D eigenvalue weighted by molar-refractivity contribution is 0.478. The third kappa shape index (κ3) is 2.20. The summed E-state index contributed by atoms with van der Waals surface area (Å²) in [6, 6.07) is 11.4. The number of aromatic nitrogens is 1. The number of benzene rings is 1. The van der Waals surface area contributed by atoms with Gasteiger partial charge in [0.2, 0.25) is 0 Å². The molecule has 0 atom stereocenters. The van der Waals surface area contributed by atoms with Gasteiger partial charge in [-0.25, -0.2) is 0 Å². The van der Waals surface area contributed by atoms with Crippen LogP contribution in [0.25, 0.3) is 10.9 Å². The molecule has 6 nitrogen and oxygen atoms in total. The first kappa shape index (κ1) is 12.9. The number of nitrogens with one attached hydrogen (secondary N) is 1. The summed E-state index contributed by atoms with van der Waals surface area (Å²) < 4.78 is 0. The number of rotatable bonds is 2. The van der Waals surface area contributed by atoms with Gasteiger partial charge in [-0.2, -0.15) is 15.8 Å². The highest BCUT2D eigenvalue weighted by Gasteiger charge is 2.12. The predicted molar refractivity (Wildman–Crippen MR) is 70.9 cm³/mol. The number of nitrogens with zero attached hydrogens (tertiary/aromatic N) is 4. The van der Waals surface area contributed by atoms with Gasteiger partial charge in [0.15, 0.2) is 5.57 Å². The van der Waals surface area contributed by atoms with Gasteiger partial charge in [-0.15, -0.1) is 0 Å². The Morgan fingerprint density at radius 2 is 1.85 bits per heavy atom. The van der Waals surface area contributed by atoms with Crippen LogP contribution in [0.5, 0.6) is 5.75 Å². The number of phenols is 1. The number of phenolic OH excluding ortho intramolecular Hbond substituents is 1. The number of pyridine rings is 1. The van der Waals surface area contributed by atoms with E-state index in [0.29, 0.717) is 10.9 Å². The Morgan fingerprint density at radius 1 is 1.10 bits per heavy atom. The Labute approximate surface area is 114 Å². The molecule has 2 aromatic rings. The predicted octanol–water partition coefficient (Wildman–Crippen LogP) is 2.18. The van der Waals surface area contributed by atoms with Crippen LogP contribution in [-0.2, 0) is 0 Å². The topological polar surface area (TPSA) is 117 Å². The average Bonchev–Trinajstić information content (AvgIpc) is 2.49. The molecule has 0 spiro atoms. The van der Waals surface area contributed by atoms with Crippen LogP contribution < -0.4 is 5.32 Å². The van der Waals surface area contributed by atoms with E-state index in [1.54, 1.807) is 42.6 Å².